The minimum Gasteiger partial charge on any atom is -0.397 e. The normalized spacial score (nSPS) is 10.8. The number of hydrogen-bond acceptors (Lipinski definition) is 4. The predicted octanol–water partition coefficient (Wildman–Crippen LogP) is 1.54. The quantitative estimate of drug-likeness (QED) is 0.414. The van der Waals surface area contributed by atoms with Gasteiger partial charge in [0.2, 0.25) is 0 Å². The number of anilines is 2. The Bertz CT molecular complexity index is 1270. The van der Waals surface area contributed by atoms with Crippen molar-refractivity contribution < 1.29 is 4.79 Å². The molecule has 3 aromatic carbocycles. The van der Waals surface area contributed by atoms with E-state index in [0.29, 0.717) is 34.4 Å². The molecule has 4 rings (SSSR count). The van der Waals surface area contributed by atoms with Crippen LogP contribution in [0.25, 0.3) is 10.9 Å². The zero-order valence-corrected chi connectivity index (χ0v) is 15.9. The van der Waals surface area contributed by atoms with Crippen LogP contribution in [-0.2, 0) is 6.54 Å². The first-order valence-electron chi connectivity index (χ1n) is 9.22. The van der Waals surface area contributed by atoms with Gasteiger partial charge in [-0.2, -0.15) is 0 Å². The summed E-state index contributed by atoms with van der Waals surface area (Å²) in [7, 11) is 1.95. The maximum absolute atomic E-state index is 12.7. The number of nitrogens with zero attached hydrogens (tertiary/aromatic N) is 2. The molecule has 0 spiro atoms. The number of aromatic nitrogens is 2. The molecule has 1 amide bonds. The molecule has 0 aliphatic heterocycles. The first-order valence-corrected chi connectivity index (χ1v) is 9.22. The van der Waals surface area contributed by atoms with Crippen LogP contribution < -0.4 is 22.1 Å². The van der Waals surface area contributed by atoms with Crippen LogP contribution in [0, 0.1) is 0 Å². The van der Waals surface area contributed by atoms with Crippen LogP contribution in [0.5, 0.6) is 0 Å². The Balaban J connectivity index is 1.53. The first kappa shape index (κ1) is 18.5. The van der Waals surface area contributed by atoms with Crippen molar-refractivity contribution in [3.05, 3.63) is 94.5 Å². The van der Waals surface area contributed by atoms with E-state index >= 15 is 0 Å². The zero-order chi connectivity index (χ0) is 20.4. The lowest BCUT2D eigenvalue weighted by Crippen LogP contribution is -2.22. The number of hydrogen-bond donors (Lipinski definition) is 2. The third-order valence-corrected chi connectivity index (χ3v) is 4.76. The van der Waals surface area contributed by atoms with E-state index in [-0.39, 0.29) is 11.5 Å². The van der Waals surface area contributed by atoms with Crippen LogP contribution in [0.2, 0.25) is 0 Å². The first-order chi connectivity index (χ1) is 14.0. The number of benzene rings is 3. The van der Waals surface area contributed by atoms with E-state index < -0.39 is 0 Å². The van der Waals surface area contributed by atoms with Crippen molar-refractivity contribution in [2.75, 3.05) is 11.1 Å². The van der Waals surface area contributed by atoms with Gasteiger partial charge in [-0.05, 0) is 35.9 Å². The molecule has 7 heteroatoms. The van der Waals surface area contributed by atoms with E-state index in [2.05, 4.69) is 10.3 Å². The minimum absolute atomic E-state index is 0.0833. The van der Waals surface area contributed by atoms with E-state index in [9.17, 15) is 9.59 Å². The fourth-order valence-corrected chi connectivity index (χ4v) is 3.15. The van der Waals surface area contributed by atoms with Gasteiger partial charge in [0, 0.05) is 5.56 Å². The van der Waals surface area contributed by atoms with E-state index in [4.69, 9.17) is 5.73 Å². The minimum atomic E-state index is -0.241. The number of para-hydroxylation sites is 2. The Morgan fingerprint density at radius 1 is 1.07 bits per heavy atom. The zero-order valence-electron chi connectivity index (χ0n) is 15.9. The summed E-state index contributed by atoms with van der Waals surface area (Å²) in [5, 5.41) is 3.40. The molecule has 0 aliphatic rings. The molecule has 1 aromatic heterocycles. The molecule has 0 saturated carbocycles. The van der Waals surface area contributed by atoms with Gasteiger partial charge in [-0.3, -0.25) is 14.2 Å². The maximum atomic E-state index is 12.7. The molecule has 0 unspecified atom stereocenters. The third kappa shape index (κ3) is 3.89. The number of nitrogens with one attached hydrogen (secondary N) is 1. The highest BCUT2D eigenvalue weighted by Crippen LogP contribution is 2.18. The Kier molecular flexibility index (Phi) is 4.87. The molecule has 4 aromatic rings. The van der Waals surface area contributed by atoms with E-state index in [0.717, 1.165) is 11.0 Å². The van der Waals surface area contributed by atoms with Gasteiger partial charge in [0.15, 0.2) is 0 Å². The summed E-state index contributed by atoms with van der Waals surface area (Å²) >= 11 is 0. The van der Waals surface area contributed by atoms with Gasteiger partial charge in [-0.1, -0.05) is 41.9 Å². The third-order valence-electron chi connectivity index (χ3n) is 4.76. The molecule has 3 N–H and O–H groups in total. The topological polar surface area (TPSA) is 90.0 Å². The summed E-state index contributed by atoms with van der Waals surface area (Å²) in [4.78, 5) is 29.5. The molecule has 0 fully saturated rings. The highest BCUT2D eigenvalue weighted by atomic mass is 16.1. The molecule has 29 heavy (non-hydrogen) atoms. The smallest absolute Gasteiger partial charge is 0.261 e. The van der Waals surface area contributed by atoms with Crippen LogP contribution in [0.15, 0.2) is 77.9 Å². The average molecular weight is 382 g/mol. The van der Waals surface area contributed by atoms with Crippen molar-refractivity contribution in [1.29, 1.82) is 0 Å². The lowest BCUT2D eigenvalue weighted by Gasteiger charge is -2.10. The van der Waals surface area contributed by atoms with Crippen LogP contribution in [0.1, 0.15) is 15.9 Å². The van der Waals surface area contributed by atoms with Crippen LogP contribution >= 0.6 is 0 Å². The number of amides is 1. The summed E-state index contributed by atoms with van der Waals surface area (Å²) in [6.45, 7) is 0.378. The Labute approximate surface area is 168 Å². The summed E-state index contributed by atoms with van der Waals surface area (Å²) < 4.78 is 1.57. The second-order valence-electron chi connectivity index (χ2n) is 6.94. The van der Waals surface area contributed by atoms with Crippen molar-refractivity contribution in [2.45, 2.75) is 6.54 Å². The van der Waals surface area contributed by atoms with Gasteiger partial charge in [0.1, 0.15) is 7.85 Å². The molecule has 1 heterocycles. The van der Waals surface area contributed by atoms with Crippen molar-refractivity contribution in [3.8, 4) is 0 Å². The second kappa shape index (κ2) is 7.63. The molecular formula is C22H19BN4O2. The standard InChI is InChI=1S/C22H19BN4O2/c23-16-9-10-19-17(11-16)22(29)27(13-25-19)12-14-5-7-15(8-6-14)21(28)26-20-4-2-1-3-18(20)24/h1-11,13H,12,23-24H2,(H,26,28). The number of carbonyl (C=O) groups is 1. The average Bonchev–Trinajstić information content (AvgIpc) is 2.72. The van der Waals surface area contributed by atoms with Crippen molar-refractivity contribution >= 4 is 41.5 Å². The van der Waals surface area contributed by atoms with Crippen LogP contribution in [0.4, 0.5) is 11.4 Å². The lowest BCUT2D eigenvalue weighted by atomic mass is 9.95. The summed E-state index contributed by atoms with van der Waals surface area (Å²) in [5.41, 5.74) is 9.98. The van der Waals surface area contributed by atoms with Crippen molar-refractivity contribution in [3.63, 3.8) is 0 Å². The Morgan fingerprint density at radius 3 is 2.59 bits per heavy atom. The van der Waals surface area contributed by atoms with Gasteiger partial charge >= 0.3 is 0 Å². The largest absolute Gasteiger partial charge is 0.397 e. The second-order valence-corrected chi connectivity index (χ2v) is 6.94. The number of nitrogens with two attached hydrogens (primary N) is 1. The van der Waals surface area contributed by atoms with E-state index in [1.807, 2.05) is 50.3 Å². The van der Waals surface area contributed by atoms with Gasteiger partial charge in [-0.25, -0.2) is 4.98 Å². The summed E-state index contributed by atoms with van der Waals surface area (Å²) in [5.74, 6) is -0.241. The molecule has 0 saturated heterocycles. The monoisotopic (exact) mass is 382 g/mol. The van der Waals surface area contributed by atoms with Gasteiger partial charge in [0.25, 0.3) is 11.5 Å². The van der Waals surface area contributed by atoms with E-state index in [1.165, 1.54) is 0 Å². The fraction of sp³-hybridized carbons (Fsp3) is 0.0455. The van der Waals surface area contributed by atoms with Gasteiger partial charge < -0.3 is 11.1 Å². The predicted molar refractivity (Wildman–Crippen MR) is 119 cm³/mol. The van der Waals surface area contributed by atoms with Gasteiger partial charge in [0.05, 0.1) is 35.1 Å². The molecule has 142 valence electrons. The van der Waals surface area contributed by atoms with Crippen molar-refractivity contribution in [2.24, 2.45) is 0 Å². The molecule has 0 bridgehead atoms. The number of nitrogen functional groups attached to an aromatic ring is 1. The highest BCUT2D eigenvalue weighted by Gasteiger charge is 2.09. The Morgan fingerprint density at radius 2 is 1.83 bits per heavy atom. The van der Waals surface area contributed by atoms with Crippen LogP contribution in [-0.4, -0.2) is 23.3 Å². The molecule has 0 atom stereocenters. The highest BCUT2D eigenvalue weighted by molar-refractivity contribution is 6.33. The maximum Gasteiger partial charge on any atom is 0.261 e. The van der Waals surface area contributed by atoms with Gasteiger partial charge in [-0.15, -0.1) is 0 Å². The fourth-order valence-electron chi connectivity index (χ4n) is 3.15. The molecule has 6 nitrogen and oxygen atoms in total. The lowest BCUT2D eigenvalue weighted by molar-refractivity contribution is 0.102. The Hall–Kier alpha value is -3.87. The molecule has 0 radical (unpaired) electrons. The molecule has 0 aliphatic carbocycles. The summed E-state index contributed by atoms with van der Waals surface area (Å²) in [6, 6.07) is 19.9. The van der Waals surface area contributed by atoms with Crippen LogP contribution in [0.3, 0.4) is 0 Å². The number of rotatable bonds is 4. The number of fused-ring (bicyclic) bond motifs is 1. The SMILES string of the molecule is Bc1ccc2ncn(Cc3ccc(C(=O)Nc4ccccc4N)cc3)c(=O)c2c1. The van der Waals surface area contributed by atoms with Crippen molar-refractivity contribution in [1.82, 2.24) is 9.55 Å². The molecular weight excluding hydrogens is 363 g/mol. The van der Waals surface area contributed by atoms with E-state index in [1.54, 1.807) is 35.2 Å². The summed E-state index contributed by atoms with van der Waals surface area (Å²) in [6.07, 6.45) is 1.55. The number of carbonyl (C=O) groups excluding carboxylic acids is 1.